The minimum absolute atomic E-state index is 0.830. The summed E-state index contributed by atoms with van der Waals surface area (Å²) in [4.78, 5) is 2.45. The Hall–Kier alpha value is -0.730. The molecule has 0 saturated carbocycles. The third-order valence-corrected chi connectivity index (χ3v) is 3.98. The number of halogens is 1. The fraction of sp³-hybridized carbons (Fsp3) is 0.571. The maximum atomic E-state index is 6.29. The Labute approximate surface area is 109 Å². The average molecular weight is 253 g/mol. The molecule has 0 amide bonds. The van der Waals surface area contributed by atoms with Gasteiger partial charge in [-0.25, -0.2) is 0 Å². The summed E-state index contributed by atoms with van der Waals surface area (Å²) in [6.07, 6.45) is 2.59. The van der Waals surface area contributed by atoms with Gasteiger partial charge in [0.25, 0.3) is 0 Å². The van der Waals surface area contributed by atoms with Gasteiger partial charge >= 0.3 is 0 Å². The number of nitrogens with zero attached hydrogens (tertiary/aromatic N) is 1. The molecule has 1 aromatic rings. The highest BCUT2D eigenvalue weighted by Gasteiger charge is 2.21. The summed E-state index contributed by atoms with van der Waals surface area (Å²) in [6.45, 7) is 5.45. The van der Waals surface area contributed by atoms with Crippen molar-refractivity contribution in [3.8, 4) is 0 Å². The van der Waals surface area contributed by atoms with Gasteiger partial charge in [-0.15, -0.1) is 0 Å². The minimum Gasteiger partial charge on any atom is -0.371 e. The fourth-order valence-electron chi connectivity index (χ4n) is 2.47. The summed E-state index contributed by atoms with van der Waals surface area (Å²) in [5.74, 6) is 0.853. The van der Waals surface area contributed by atoms with Crippen molar-refractivity contribution in [2.45, 2.75) is 26.3 Å². The maximum absolute atomic E-state index is 6.29. The predicted octanol–water partition coefficient (Wildman–Crippen LogP) is 3.30. The van der Waals surface area contributed by atoms with Crippen LogP contribution in [0.25, 0.3) is 0 Å². The van der Waals surface area contributed by atoms with Gasteiger partial charge in [-0.3, -0.25) is 0 Å². The lowest BCUT2D eigenvalue weighted by Gasteiger charge is -2.19. The number of anilines is 1. The normalized spacial score (nSPS) is 19.9. The van der Waals surface area contributed by atoms with E-state index >= 15 is 0 Å². The topological polar surface area (TPSA) is 15.3 Å². The predicted molar refractivity (Wildman–Crippen MR) is 74.8 cm³/mol. The van der Waals surface area contributed by atoms with Crippen molar-refractivity contribution in [3.63, 3.8) is 0 Å². The van der Waals surface area contributed by atoms with Crippen molar-refractivity contribution in [2.24, 2.45) is 5.92 Å². The molecule has 2 rings (SSSR count). The fourth-order valence-corrected chi connectivity index (χ4v) is 2.71. The molecule has 2 nitrogen and oxygen atoms in total. The van der Waals surface area contributed by atoms with E-state index in [4.69, 9.17) is 11.6 Å². The lowest BCUT2D eigenvalue weighted by Crippen LogP contribution is -2.19. The number of hydrogen-bond acceptors (Lipinski definition) is 2. The van der Waals surface area contributed by atoms with E-state index < -0.39 is 0 Å². The quantitative estimate of drug-likeness (QED) is 0.885. The number of nitrogens with one attached hydrogen (secondary N) is 1. The molecule has 94 valence electrons. The molecule has 3 heteroatoms. The van der Waals surface area contributed by atoms with E-state index in [0.717, 1.165) is 17.5 Å². The molecule has 0 aliphatic carbocycles. The van der Waals surface area contributed by atoms with E-state index in [9.17, 15) is 0 Å². The zero-order valence-corrected chi connectivity index (χ0v) is 11.4. The van der Waals surface area contributed by atoms with Crippen LogP contribution in [0.15, 0.2) is 18.2 Å². The lowest BCUT2D eigenvalue weighted by atomic mass is 10.1. The zero-order chi connectivity index (χ0) is 12.3. The highest BCUT2D eigenvalue weighted by atomic mass is 35.5. The van der Waals surface area contributed by atoms with Crippen LogP contribution in [-0.2, 0) is 6.54 Å². The van der Waals surface area contributed by atoms with Crippen molar-refractivity contribution < 1.29 is 0 Å². The summed E-state index contributed by atoms with van der Waals surface area (Å²) in [7, 11) is 1.94. The van der Waals surface area contributed by atoms with Crippen LogP contribution in [0.4, 0.5) is 5.69 Å². The van der Waals surface area contributed by atoms with Crippen molar-refractivity contribution >= 4 is 17.3 Å². The van der Waals surface area contributed by atoms with E-state index in [1.807, 2.05) is 7.05 Å². The van der Waals surface area contributed by atoms with Crippen LogP contribution in [0.2, 0.25) is 5.02 Å². The van der Waals surface area contributed by atoms with Gasteiger partial charge in [0.05, 0.1) is 0 Å². The summed E-state index contributed by atoms with van der Waals surface area (Å²) < 4.78 is 0. The van der Waals surface area contributed by atoms with E-state index in [1.54, 1.807) is 0 Å². The van der Waals surface area contributed by atoms with Gasteiger partial charge in [-0.05, 0) is 37.1 Å². The second-order valence-electron chi connectivity index (χ2n) is 4.82. The Morgan fingerprint density at radius 1 is 1.47 bits per heavy atom. The van der Waals surface area contributed by atoms with Crippen LogP contribution < -0.4 is 10.2 Å². The smallest absolute Gasteiger partial charge is 0.0471 e. The second kappa shape index (κ2) is 5.74. The first-order valence-corrected chi connectivity index (χ1v) is 6.80. The molecule has 1 atom stereocenters. The Bertz CT molecular complexity index is 378. The van der Waals surface area contributed by atoms with Crippen LogP contribution in [0.1, 0.15) is 25.3 Å². The van der Waals surface area contributed by atoms with Crippen LogP contribution in [0.5, 0.6) is 0 Å². The van der Waals surface area contributed by atoms with Crippen molar-refractivity contribution in [1.82, 2.24) is 5.32 Å². The van der Waals surface area contributed by atoms with Crippen LogP contribution in [0, 0.1) is 5.92 Å². The first kappa shape index (κ1) is 12.7. The van der Waals surface area contributed by atoms with Gasteiger partial charge in [0.15, 0.2) is 0 Å². The van der Waals surface area contributed by atoms with Gasteiger partial charge in [0, 0.05) is 30.3 Å². The number of hydrogen-bond donors (Lipinski definition) is 1. The summed E-state index contributed by atoms with van der Waals surface area (Å²) in [6, 6.07) is 6.43. The molecule has 1 aromatic carbocycles. The molecule has 0 spiro atoms. The molecule has 1 unspecified atom stereocenters. The summed E-state index contributed by atoms with van der Waals surface area (Å²) in [5.41, 5.74) is 2.44. The van der Waals surface area contributed by atoms with Gasteiger partial charge in [0.2, 0.25) is 0 Å². The molecule has 1 heterocycles. The summed E-state index contributed by atoms with van der Waals surface area (Å²) in [5, 5.41) is 4.00. The van der Waals surface area contributed by atoms with E-state index in [0.29, 0.717) is 0 Å². The van der Waals surface area contributed by atoms with Crippen LogP contribution in [0.3, 0.4) is 0 Å². The van der Waals surface area contributed by atoms with E-state index in [1.165, 1.54) is 37.2 Å². The molecular formula is C14H21ClN2. The highest BCUT2D eigenvalue weighted by molar-refractivity contribution is 6.31. The van der Waals surface area contributed by atoms with Crippen molar-refractivity contribution in [3.05, 3.63) is 28.8 Å². The number of benzene rings is 1. The lowest BCUT2D eigenvalue weighted by molar-refractivity contribution is 0.569. The van der Waals surface area contributed by atoms with Crippen LogP contribution in [-0.4, -0.2) is 20.1 Å². The molecular weight excluding hydrogens is 232 g/mol. The zero-order valence-electron chi connectivity index (χ0n) is 10.7. The molecule has 1 aliphatic heterocycles. The summed E-state index contributed by atoms with van der Waals surface area (Å²) >= 11 is 6.29. The Kier molecular flexibility index (Phi) is 4.30. The third kappa shape index (κ3) is 2.93. The van der Waals surface area contributed by atoms with Gasteiger partial charge < -0.3 is 10.2 Å². The molecule has 1 saturated heterocycles. The molecule has 1 aliphatic rings. The average Bonchev–Trinajstić information content (AvgIpc) is 2.80. The second-order valence-corrected chi connectivity index (χ2v) is 5.22. The monoisotopic (exact) mass is 252 g/mol. The molecule has 0 aromatic heterocycles. The Morgan fingerprint density at radius 2 is 2.29 bits per heavy atom. The van der Waals surface area contributed by atoms with Gasteiger partial charge in [-0.1, -0.05) is 31.0 Å². The minimum atomic E-state index is 0.830. The Balaban J connectivity index is 2.09. The van der Waals surface area contributed by atoms with Crippen LogP contribution >= 0.6 is 11.6 Å². The highest BCUT2D eigenvalue weighted by Crippen LogP contribution is 2.29. The van der Waals surface area contributed by atoms with Crippen molar-refractivity contribution in [2.75, 3.05) is 25.0 Å². The van der Waals surface area contributed by atoms with Crippen molar-refractivity contribution in [1.29, 1.82) is 0 Å². The van der Waals surface area contributed by atoms with E-state index in [2.05, 4.69) is 35.3 Å². The van der Waals surface area contributed by atoms with Gasteiger partial charge in [0.1, 0.15) is 0 Å². The van der Waals surface area contributed by atoms with Gasteiger partial charge in [-0.2, -0.15) is 0 Å². The third-order valence-electron chi connectivity index (χ3n) is 3.63. The van der Waals surface area contributed by atoms with E-state index in [-0.39, 0.29) is 0 Å². The first-order chi connectivity index (χ1) is 8.24. The molecule has 17 heavy (non-hydrogen) atoms. The molecule has 1 N–H and O–H groups in total. The number of rotatable bonds is 4. The molecule has 0 radical (unpaired) electrons. The SMILES string of the molecule is CCC1CCN(c2ccc(CNC)c(Cl)c2)C1. The molecule has 0 bridgehead atoms. The standard InChI is InChI=1S/C14H21ClN2/c1-3-11-6-7-17(10-11)13-5-4-12(9-16-2)14(15)8-13/h4-5,8,11,16H,3,6-7,9-10H2,1-2H3. The largest absolute Gasteiger partial charge is 0.371 e. The maximum Gasteiger partial charge on any atom is 0.0471 e. The first-order valence-electron chi connectivity index (χ1n) is 6.42. The Morgan fingerprint density at radius 3 is 2.88 bits per heavy atom. The molecule has 1 fully saturated rings.